The molecule has 0 aromatic heterocycles. The van der Waals surface area contributed by atoms with E-state index in [1.54, 1.807) is 0 Å². The Hall–Kier alpha value is -2.03. The minimum absolute atomic E-state index is 0.476. The van der Waals surface area contributed by atoms with Crippen LogP contribution in [0, 0.1) is 0 Å². The van der Waals surface area contributed by atoms with Crippen molar-refractivity contribution in [1.29, 1.82) is 0 Å². The molecule has 0 fully saturated rings. The monoisotopic (exact) mass is 297 g/mol. The first-order chi connectivity index (χ1) is 10.3. The lowest BCUT2D eigenvalue weighted by molar-refractivity contribution is 0.308. The highest BCUT2D eigenvalue weighted by atomic mass is 35.5. The van der Waals surface area contributed by atoms with Crippen LogP contribution in [0.3, 0.4) is 0 Å². The van der Waals surface area contributed by atoms with Gasteiger partial charge in [-0.15, -0.1) is 0 Å². The lowest BCUT2D eigenvalue weighted by Gasteiger charge is -2.11. The zero-order valence-electron chi connectivity index (χ0n) is 11.6. The Balaban J connectivity index is 1.84. The van der Waals surface area contributed by atoms with Gasteiger partial charge in [0.15, 0.2) is 0 Å². The summed E-state index contributed by atoms with van der Waals surface area (Å²) in [5, 5.41) is 3.01. The highest BCUT2D eigenvalue weighted by Crippen LogP contribution is 2.27. The molecule has 0 saturated heterocycles. The third-order valence-corrected chi connectivity index (χ3v) is 3.79. The summed E-state index contributed by atoms with van der Waals surface area (Å²) >= 11 is 6.21. The fraction of sp³-hybridized carbons (Fsp3) is 0.111. The number of benzene rings is 3. The second-order valence-electron chi connectivity index (χ2n) is 4.90. The maximum Gasteiger partial charge on any atom is 0.138 e. The molecule has 2 nitrogen and oxygen atoms in total. The average Bonchev–Trinajstić information content (AvgIpc) is 2.53. The first kappa shape index (κ1) is 13.9. The second-order valence-corrected chi connectivity index (χ2v) is 5.30. The number of nitrogens with two attached hydrogens (primary N) is 1. The summed E-state index contributed by atoms with van der Waals surface area (Å²) in [7, 11) is 0. The zero-order chi connectivity index (χ0) is 14.7. The van der Waals surface area contributed by atoms with Gasteiger partial charge in [0.05, 0.1) is 5.02 Å². The van der Waals surface area contributed by atoms with Gasteiger partial charge in [-0.25, -0.2) is 0 Å². The molecule has 3 rings (SSSR count). The molecule has 0 spiro atoms. The lowest BCUT2D eigenvalue weighted by atomic mass is 10.1. The van der Waals surface area contributed by atoms with Gasteiger partial charge < -0.3 is 10.5 Å². The first-order valence-electron chi connectivity index (χ1n) is 6.86. The maximum atomic E-state index is 6.21. The number of ether oxygens (including phenoxy) is 1. The maximum absolute atomic E-state index is 6.21. The molecule has 0 aliphatic rings. The van der Waals surface area contributed by atoms with Gasteiger partial charge in [-0.1, -0.05) is 60.1 Å². The van der Waals surface area contributed by atoms with Crippen molar-refractivity contribution in [2.45, 2.75) is 13.2 Å². The van der Waals surface area contributed by atoms with E-state index in [4.69, 9.17) is 22.1 Å². The van der Waals surface area contributed by atoms with E-state index in [1.807, 2.05) is 36.4 Å². The molecular formula is C18H16ClNO. The van der Waals surface area contributed by atoms with Crippen LogP contribution in [0.2, 0.25) is 5.02 Å². The van der Waals surface area contributed by atoms with Crippen molar-refractivity contribution >= 4 is 22.4 Å². The molecule has 0 unspecified atom stereocenters. The molecule has 0 atom stereocenters. The van der Waals surface area contributed by atoms with E-state index in [1.165, 1.54) is 10.8 Å². The second kappa shape index (κ2) is 6.17. The highest BCUT2D eigenvalue weighted by molar-refractivity contribution is 6.32. The summed E-state index contributed by atoms with van der Waals surface area (Å²) in [6.07, 6.45) is 0. The van der Waals surface area contributed by atoms with E-state index in [-0.39, 0.29) is 0 Å². The minimum atomic E-state index is 0.476. The third kappa shape index (κ3) is 3.02. The lowest BCUT2D eigenvalue weighted by Crippen LogP contribution is -1.99. The summed E-state index contributed by atoms with van der Waals surface area (Å²) in [4.78, 5) is 0. The number of halogens is 1. The number of hydrogen-bond donors (Lipinski definition) is 1. The Morgan fingerprint density at radius 2 is 1.76 bits per heavy atom. The predicted molar refractivity (Wildman–Crippen MR) is 87.6 cm³/mol. The summed E-state index contributed by atoms with van der Waals surface area (Å²) in [5.41, 5.74) is 7.74. The molecule has 3 aromatic rings. The molecular weight excluding hydrogens is 282 g/mol. The Kier molecular flexibility index (Phi) is 4.09. The molecule has 0 bridgehead atoms. The number of hydrogen-bond acceptors (Lipinski definition) is 2. The molecule has 2 N–H and O–H groups in total. The molecule has 21 heavy (non-hydrogen) atoms. The van der Waals surface area contributed by atoms with Crippen LogP contribution in [0.25, 0.3) is 10.8 Å². The Morgan fingerprint density at radius 1 is 0.952 bits per heavy atom. The predicted octanol–water partition coefficient (Wildman–Crippen LogP) is 4.53. The van der Waals surface area contributed by atoms with Gasteiger partial charge in [-0.2, -0.15) is 0 Å². The SMILES string of the molecule is NCc1ccc(OCc2cccc3ccccc23)c(Cl)c1. The smallest absolute Gasteiger partial charge is 0.138 e. The summed E-state index contributed by atoms with van der Waals surface area (Å²) in [6.45, 7) is 0.965. The van der Waals surface area contributed by atoms with Crippen molar-refractivity contribution < 1.29 is 4.74 Å². The van der Waals surface area contributed by atoms with E-state index in [0.29, 0.717) is 23.9 Å². The minimum Gasteiger partial charge on any atom is -0.487 e. The van der Waals surface area contributed by atoms with Crippen LogP contribution in [0.1, 0.15) is 11.1 Å². The van der Waals surface area contributed by atoms with Crippen molar-refractivity contribution in [2.24, 2.45) is 5.73 Å². The van der Waals surface area contributed by atoms with Crippen LogP contribution >= 0.6 is 11.6 Å². The van der Waals surface area contributed by atoms with Crippen LogP contribution < -0.4 is 10.5 Å². The van der Waals surface area contributed by atoms with Crippen molar-refractivity contribution in [2.75, 3.05) is 0 Å². The van der Waals surface area contributed by atoms with E-state index in [0.717, 1.165) is 11.1 Å². The van der Waals surface area contributed by atoms with Crippen LogP contribution in [0.4, 0.5) is 0 Å². The fourth-order valence-electron chi connectivity index (χ4n) is 2.36. The molecule has 0 radical (unpaired) electrons. The summed E-state index contributed by atoms with van der Waals surface area (Å²) in [6, 6.07) is 20.1. The van der Waals surface area contributed by atoms with Gasteiger partial charge >= 0.3 is 0 Å². The van der Waals surface area contributed by atoms with Crippen molar-refractivity contribution in [3.63, 3.8) is 0 Å². The summed E-state index contributed by atoms with van der Waals surface area (Å²) in [5.74, 6) is 0.682. The van der Waals surface area contributed by atoms with Crippen molar-refractivity contribution in [3.8, 4) is 5.75 Å². The van der Waals surface area contributed by atoms with Crippen LogP contribution in [-0.2, 0) is 13.2 Å². The van der Waals surface area contributed by atoms with Gasteiger partial charge in [-0.3, -0.25) is 0 Å². The quantitative estimate of drug-likeness (QED) is 0.768. The normalized spacial score (nSPS) is 10.8. The molecule has 0 heterocycles. The molecule has 3 aromatic carbocycles. The van der Waals surface area contributed by atoms with E-state index in [2.05, 4.69) is 24.3 Å². The molecule has 3 heteroatoms. The van der Waals surface area contributed by atoms with Crippen molar-refractivity contribution in [3.05, 3.63) is 76.8 Å². The van der Waals surface area contributed by atoms with Gasteiger partial charge in [0.1, 0.15) is 12.4 Å². The van der Waals surface area contributed by atoms with Crippen LogP contribution in [0.5, 0.6) is 5.75 Å². The van der Waals surface area contributed by atoms with E-state index in [9.17, 15) is 0 Å². The summed E-state index contributed by atoms with van der Waals surface area (Å²) < 4.78 is 5.86. The molecule has 0 amide bonds. The Bertz CT molecular complexity index is 765. The van der Waals surface area contributed by atoms with Crippen molar-refractivity contribution in [1.82, 2.24) is 0 Å². The third-order valence-electron chi connectivity index (χ3n) is 3.50. The fourth-order valence-corrected chi connectivity index (χ4v) is 2.62. The largest absolute Gasteiger partial charge is 0.487 e. The van der Waals surface area contributed by atoms with E-state index >= 15 is 0 Å². The number of rotatable bonds is 4. The topological polar surface area (TPSA) is 35.2 Å². The zero-order valence-corrected chi connectivity index (χ0v) is 12.3. The molecule has 0 aliphatic carbocycles. The average molecular weight is 298 g/mol. The van der Waals surface area contributed by atoms with Gasteiger partial charge in [0, 0.05) is 6.54 Å². The molecule has 0 aliphatic heterocycles. The van der Waals surface area contributed by atoms with Gasteiger partial charge in [-0.05, 0) is 34.0 Å². The van der Waals surface area contributed by atoms with Crippen LogP contribution in [0.15, 0.2) is 60.7 Å². The first-order valence-corrected chi connectivity index (χ1v) is 7.23. The Morgan fingerprint density at radius 3 is 2.57 bits per heavy atom. The Labute approximate surface area is 129 Å². The number of fused-ring (bicyclic) bond motifs is 1. The standard InChI is InChI=1S/C18H16ClNO/c19-17-10-13(11-20)8-9-18(17)21-12-15-6-3-5-14-4-1-2-7-16(14)15/h1-10H,11-12,20H2. The molecule has 106 valence electrons. The molecule has 0 saturated carbocycles. The van der Waals surface area contributed by atoms with E-state index < -0.39 is 0 Å². The van der Waals surface area contributed by atoms with Crippen LogP contribution in [-0.4, -0.2) is 0 Å². The van der Waals surface area contributed by atoms with Gasteiger partial charge in [0.25, 0.3) is 0 Å². The highest BCUT2D eigenvalue weighted by Gasteiger charge is 2.05. The van der Waals surface area contributed by atoms with Gasteiger partial charge in [0.2, 0.25) is 0 Å².